The van der Waals surface area contributed by atoms with Crippen molar-refractivity contribution in [1.29, 1.82) is 0 Å². The number of hydrogen-bond donors (Lipinski definition) is 0. The third-order valence-electron chi connectivity index (χ3n) is 3.78. The van der Waals surface area contributed by atoms with E-state index >= 15 is 0 Å². The van der Waals surface area contributed by atoms with Gasteiger partial charge in [-0.15, -0.1) is 5.10 Å². The van der Waals surface area contributed by atoms with E-state index in [0.29, 0.717) is 26.4 Å². The van der Waals surface area contributed by atoms with Gasteiger partial charge in [-0.25, -0.2) is 4.98 Å². The number of likely N-dealkylation sites (tertiary alicyclic amines) is 1. The predicted molar refractivity (Wildman–Crippen MR) is 65.6 cm³/mol. The Labute approximate surface area is 111 Å². The molecule has 0 bridgehead atoms. The molecule has 2 aliphatic rings. The Kier molecular flexibility index (Phi) is 3.24. The summed E-state index contributed by atoms with van der Waals surface area (Å²) in [5.41, 5.74) is 0. The molecule has 1 aromatic heterocycles. The van der Waals surface area contributed by atoms with Crippen LogP contribution >= 0.6 is 0 Å². The normalized spacial score (nSPS) is 29.8. The van der Waals surface area contributed by atoms with Crippen molar-refractivity contribution in [2.75, 3.05) is 26.4 Å². The number of rotatable bonds is 3. The summed E-state index contributed by atoms with van der Waals surface area (Å²) in [5.74, 6) is 0.376. The molecule has 2 aliphatic heterocycles. The van der Waals surface area contributed by atoms with Gasteiger partial charge in [-0.3, -0.25) is 9.48 Å². The zero-order valence-corrected chi connectivity index (χ0v) is 11.2. The van der Waals surface area contributed by atoms with E-state index < -0.39 is 0 Å². The maximum atomic E-state index is 12.4. The van der Waals surface area contributed by atoms with Crippen LogP contribution in [0.4, 0.5) is 0 Å². The van der Waals surface area contributed by atoms with Gasteiger partial charge in [0.2, 0.25) is 5.82 Å². The summed E-state index contributed by atoms with van der Waals surface area (Å²) in [6, 6.07) is 0.0906. The van der Waals surface area contributed by atoms with Crippen LogP contribution in [-0.4, -0.2) is 64.1 Å². The van der Waals surface area contributed by atoms with Crippen LogP contribution in [-0.2, 0) is 16.5 Å². The number of carbonyl (C=O) groups is 1. The Balaban J connectivity index is 1.79. The highest BCUT2D eigenvalue weighted by atomic mass is 16.5. The quantitative estimate of drug-likeness (QED) is 0.750. The van der Waals surface area contributed by atoms with Crippen LogP contribution in [0.2, 0.25) is 0 Å². The highest BCUT2D eigenvalue weighted by Gasteiger charge is 2.48. The van der Waals surface area contributed by atoms with Crippen molar-refractivity contribution in [3.63, 3.8) is 0 Å². The van der Waals surface area contributed by atoms with Gasteiger partial charge in [0.05, 0.1) is 25.4 Å². The van der Waals surface area contributed by atoms with E-state index in [1.54, 1.807) is 11.9 Å². The number of carbonyl (C=O) groups excluding carboxylic acids is 1. The number of aromatic nitrogens is 3. The fourth-order valence-corrected chi connectivity index (χ4v) is 2.89. The first-order valence-corrected chi connectivity index (χ1v) is 6.56. The molecule has 0 aromatic carbocycles. The van der Waals surface area contributed by atoms with Gasteiger partial charge in [-0.05, 0) is 6.92 Å². The van der Waals surface area contributed by atoms with Gasteiger partial charge in [0.15, 0.2) is 0 Å². The van der Waals surface area contributed by atoms with Gasteiger partial charge in [-0.1, -0.05) is 0 Å². The lowest BCUT2D eigenvalue weighted by atomic mass is 10.0. The Bertz CT molecular complexity index is 475. The Morgan fingerprint density at radius 1 is 1.58 bits per heavy atom. The Morgan fingerprint density at radius 2 is 2.42 bits per heavy atom. The van der Waals surface area contributed by atoms with Crippen molar-refractivity contribution < 1.29 is 14.3 Å². The van der Waals surface area contributed by atoms with E-state index in [1.165, 1.54) is 11.0 Å². The van der Waals surface area contributed by atoms with E-state index in [1.807, 2.05) is 6.92 Å². The minimum Gasteiger partial charge on any atom is -0.379 e. The number of aryl methyl sites for hydroxylation is 1. The van der Waals surface area contributed by atoms with E-state index in [-0.39, 0.29) is 29.8 Å². The minimum absolute atomic E-state index is 0.0603. The van der Waals surface area contributed by atoms with Crippen LogP contribution in [0.15, 0.2) is 6.33 Å². The molecule has 2 fully saturated rings. The van der Waals surface area contributed by atoms with Crippen LogP contribution in [0.3, 0.4) is 0 Å². The fraction of sp³-hybridized carbons (Fsp3) is 0.750. The standard InChI is InChI=1S/C12H18N4O3/c1-3-19-10-4-16(9-6-18-5-8(9)10)12(17)11-13-7-15(2)14-11/h7-10H,3-6H2,1-2H3/t8-,9+,10+/m0/s1. The van der Waals surface area contributed by atoms with Crippen LogP contribution in [0.5, 0.6) is 0 Å². The molecular formula is C12H18N4O3. The van der Waals surface area contributed by atoms with Gasteiger partial charge in [0.25, 0.3) is 5.91 Å². The van der Waals surface area contributed by atoms with E-state index in [2.05, 4.69) is 10.1 Å². The molecule has 1 amide bonds. The monoisotopic (exact) mass is 266 g/mol. The minimum atomic E-state index is -0.136. The molecule has 19 heavy (non-hydrogen) atoms. The van der Waals surface area contributed by atoms with Crippen molar-refractivity contribution in [2.24, 2.45) is 13.0 Å². The second-order valence-corrected chi connectivity index (χ2v) is 4.96. The molecule has 3 rings (SSSR count). The second kappa shape index (κ2) is 4.90. The van der Waals surface area contributed by atoms with Crippen LogP contribution in [0.25, 0.3) is 0 Å². The van der Waals surface area contributed by atoms with Crippen molar-refractivity contribution in [3.05, 3.63) is 12.2 Å². The molecule has 7 heteroatoms. The number of fused-ring (bicyclic) bond motifs is 1. The predicted octanol–water partition coefficient (Wildman–Crippen LogP) is -0.309. The number of hydrogen-bond acceptors (Lipinski definition) is 5. The number of nitrogens with zero attached hydrogens (tertiary/aromatic N) is 4. The molecular weight excluding hydrogens is 248 g/mol. The van der Waals surface area contributed by atoms with Crippen molar-refractivity contribution >= 4 is 5.91 Å². The molecule has 3 heterocycles. The molecule has 7 nitrogen and oxygen atoms in total. The maximum Gasteiger partial charge on any atom is 0.293 e. The lowest BCUT2D eigenvalue weighted by molar-refractivity contribution is 0.0255. The van der Waals surface area contributed by atoms with E-state index in [0.717, 1.165) is 0 Å². The summed E-state index contributed by atoms with van der Waals surface area (Å²) in [4.78, 5) is 18.3. The summed E-state index contributed by atoms with van der Waals surface area (Å²) in [6.07, 6.45) is 1.59. The molecule has 0 aliphatic carbocycles. The van der Waals surface area contributed by atoms with E-state index in [4.69, 9.17) is 9.47 Å². The van der Waals surface area contributed by atoms with Gasteiger partial charge >= 0.3 is 0 Å². The zero-order valence-electron chi connectivity index (χ0n) is 11.2. The first-order chi connectivity index (χ1) is 9.20. The van der Waals surface area contributed by atoms with Crippen LogP contribution < -0.4 is 0 Å². The van der Waals surface area contributed by atoms with E-state index in [9.17, 15) is 4.79 Å². The summed E-state index contributed by atoms with van der Waals surface area (Å²) >= 11 is 0. The smallest absolute Gasteiger partial charge is 0.293 e. The summed E-state index contributed by atoms with van der Waals surface area (Å²) in [7, 11) is 1.75. The maximum absolute atomic E-state index is 12.4. The average Bonchev–Trinajstić information content (AvgIpc) is 3.06. The Hall–Kier alpha value is -1.47. The third-order valence-corrected chi connectivity index (χ3v) is 3.78. The van der Waals surface area contributed by atoms with Gasteiger partial charge in [-0.2, -0.15) is 0 Å². The molecule has 0 unspecified atom stereocenters. The Morgan fingerprint density at radius 3 is 3.11 bits per heavy atom. The molecule has 0 N–H and O–H groups in total. The van der Waals surface area contributed by atoms with Crippen molar-refractivity contribution in [1.82, 2.24) is 19.7 Å². The molecule has 0 radical (unpaired) electrons. The molecule has 3 atom stereocenters. The number of amides is 1. The number of ether oxygens (including phenoxy) is 2. The first kappa shape index (κ1) is 12.6. The SMILES string of the molecule is CCO[C@@H]1CN(C(=O)c2ncn(C)n2)[C@@H]2COC[C@@H]21. The summed E-state index contributed by atoms with van der Waals surface area (Å²) in [6.45, 7) is 4.46. The van der Waals surface area contributed by atoms with Gasteiger partial charge in [0, 0.05) is 26.1 Å². The van der Waals surface area contributed by atoms with Crippen molar-refractivity contribution in [2.45, 2.75) is 19.1 Å². The summed E-state index contributed by atoms with van der Waals surface area (Å²) in [5, 5.41) is 4.07. The zero-order chi connectivity index (χ0) is 13.4. The highest BCUT2D eigenvalue weighted by molar-refractivity contribution is 5.90. The first-order valence-electron chi connectivity index (χ1n) is 6.56. The van der Waals surface area contributed by atoms with Crippen LogP contribution in [0, 0.1) is 5.92 Å². The lowest BCUT2D eigenvalue weighted by Crippen LogP contribution is -2.38. The molecule has 2 saturated heterocycles. The molecule has 0 saturated carbocycles. The highest BCUT2D eigenvalue weighted by Crippen LogP contribution is 2.32. The third kappa shape index (κ3) is 2.12. The van der Waals surface area contributed by atoms with Gasteiger partial charge in [0.1, 0.15) is 6.33 Å². The lowest BCUT2D eigenvalue weighted by Gasteiger charge is -2.20. The summed E-state index contributed by atoms with van der Waals surface area (Å²) < 4.78 is 12.7. The van der Waals surface area contributed by atoms with Crippen molar-refractivity contribution in [3.8, 4) is 0 Å². The molecule has 104 valence electrons. The van der Waals surface area contributed by atoms with Crippen LogP contribution in [0.1, 0.15) is 17.5 Å². The average molecular weight is 266 g/mol. The van der Waals surface area contributed by atoms with Gasteiger partial charge < -0.3 is 14.4 Å². The second-order valence-electron chi connectivity index (χ2n) is 4.96. The molecule has 1 aromatic rings. The largest absolute Gasteiger partial charge is 0.379 e. The topological polar surface area (TPSA) is 69.5 Å². The molecule has 0 spiro atoms. The fourth-order valence-electron chi connectivity index (χ4n) is 2.89.